The molecule has 1 heterocycles. The number of hydrogen-bond acceptors (Lipinski definition) is 4. The molecular weight excluding hydrogens is 384 g/mol. The SMILES string of the molecule is Cc1ccc([C@@H](C)NC(=O)c2cccc(-c3cnc(NC4CCCCC4)nc3)c2)cc1. The average Bonchev–Trinajstić information content (AvgIpc) is 2.81. The van der Waals surface area contributed by atoms with Gasteiger partial charge in [-0.2, -0.15) is 0 Å². The molecule has 5 heteroatoms. The van der Waals surface area contributed by atoms with Crippen LogP contribution in [-0.2, 0) is 0 Å². The molecule has 1 saturated carbocycles. The van der Waals surface area contributed by atoms with Crippen LogP contribution in [0.25, 0.3) is 11.1 Å². The summed E-state index contributed by atoms with van der Waals surface area (Å²) in [7, 11) is 0. The first-order valence-electron chi connectivity index (χ1n) is 11.1. The molecule has 0 bridgehead atoms. The average molecular weight is 415 g/mol. The van der Waals surface area contributed by atoms with Crippen LogP contribution in [0.2, 0.25) is 0 Å². The van der Waals surface area contributed by atoms with Gasteiger partial charge in [-0.25, -0.2) is 9.97 Å². The number of aromatic nitrogens is 2. The quantitative estimate of drug-likeness (QED) is 0.544. The maximum absolute atomic E-state index is 12.8. The summed E-state index contributed by atoms with van der Waals surface area (Å²) in [6.07, 6.45) is 9.88. The third-order valence-corrected chi connectivity index (χ3v) is 5.97. The lowest BCUT2D eigenvalue weighted by molar-refractivity contribution is 0.0940. The smallest absolute Gasteiger partial charge is 0.251 e. The Balaban J connectivity index is 1.42. The lowest BCUT2D eigenvalue weighted by Crippen LogP contribution is -2.26. The van der Waals surface area contributed by atoms with Crippen molar-refractivity contribution in [1.29, 1.82) is 0 Å². The molecule has 160 valence electrons. The number of amides is 1. The van der Waals surface area contributed by atoms with Crippen LogP contribution >= 0.6 is 0 Å². The summed E-state index contributed by atoms with van der Waals surface area (Å²) in [4.78, 5) is 21.8. The molecule has 0 aliphatic heterocycles. The highest BCUT2D eigenvalue weighted by atomic mass is 16.1. The second kappa shape index (κ2) is 9.73. The molecule has 2 N–H and O–H groups in total. The van der Waals surface area contributed by atoms with E-state index in [0.29, 0.717) is 17.6 Å². The van der Waals surface area contributed by atoms with Crippen molar-refractivity contribution in [2.24, 2.45) is 0 Å². The van der Waals surface area contributed by atoms with Crippen molar-refractivity contribution >= 4 is 11.9 Å². The number of nitrogens with one attached hydrogen (secondary N) is 2. The third-order valence-electron chi connectivity index (χ3n) is 5.97. The van der Waals surface area contributed by atoms with Crippen molar-refractivity contribution in [2.45, 2.75) is 58.0 Å². The van der Waals surface area contributed by atoms with E-state index in [0.717, 1.165) is 16.7 Å². The Morgan fingerprint density at radius 1 is 0.968 bits per heavy atom. The second-order valence-corrected chi connectivity index (χ2v) is 8.46. The van der Waals surface area contributed by atoms with Crippen molar-refractivity contribution in [3.8, 4) is 11.1 Å². The Morgan fingerprint density at radius 3 is 2.39 bits per heavy atom. The van der Waals surface area contributed by atoms with Crippen molar-refractivity contribution in [3.63, 3.8) is 0 Å². The molecule has 4 rings (SSSR count). The number of anilines is 1. The minimum Gasteiger partial charge on any atom is -0.351 e. The first-order chi connectivity index (χ1) is 15.1. The van der Waals surface area contributed by atoms with E-state index >= 15 is 0 Å². The Labute approximate surface area is 184 Å². The van der Waals surface area contributed by atoms with Gasteiger partial charge < -0.3 is 10.6 Å². The van der Waals surface area contributed by atoms with Gasteiger partial charge in [-0.1, -0.05) is 61.2 Å². The predicted octanol–water partition coefficient (Wildman–Crippen LogP) is 5.69. The van der Waals surface area contributed by atoms with Gasteiger partial charge >= 0.3 is 0 Å². The van der Waals surface area contributed by atoms with Gasteiger partial charge in [0.25, 0.3) is 5.91 Å². The van der Waals surface area contributed by atoms with Crippen LogP contribution in [0.3, 0.4) is 0 Å². The van der Waals surface area contributed by atoms with Crippen LogP contribution in [0.4, 0.5) is 5.95 Å². The Bertz CT molecular complexity index is 1010. The molecule has 1 aliphatic carbocycles. The standard InChI is InChI=1S/C26H30N4O/c1-18-11-13-20(14-12-18)19(2)29-25(31)22-8-6-7-21(15-22)23-16-27-26(28-17-23)30-24-9-4-3-5-10-24/h6-8,11-17,19,24H,3-5,9-10H2,1-2H3,(H,29,31)(H,27,28,30)/t19-/m1/s1. The number of rotatable bonds is 6. The Morgan fingerprint density at radius 2 is 1.68 bits per heavy atom. The zero-order chi connectivity index (χ0) is 21.6. The van der Waals surface area contributed by atoms with E-state index in [2.05, 4.69) is 51.8 Å². The molecule has 2 aromatic carbocycles. The minimum absolute atomic E-state index is 0.0646. The molecule has 0 spiro atoms. The van der Waals surface area contributed by atoms with Gasteiger partial charge in [0.15, 0.2) is 0 Å². The molecule has 1 amide bonds. The normalized spacial score (nSPS) is 15.3. The van der Waals surface area contributed by atoms with Crippen molar-refractivity contribution in [2.75, 3.05) is 5.32 Å². The first kappa shape index (κ1) is 21.0. The lowest BCUT2D eigenvalue weighted by Gasteiger charge is -2.22. The fourth-order valence-corrected chi connectivity index (χ4v) is 4.04. The highest BCUT2D eigenvalue weighted by Crippen LogP contribution is 2.23. The summed E-state index contributed by atoms with van der Waals surface area (Å²) in [5.41, 5.74) is 4.75. The number of carbonyl (C=O) groups is 1. The molecule has 3 aromatic rings. The van der Waals surface area contributed by atoms with Gasteiger partial charge in [-0.05, 0) is 49.9 Å². The van der Waals surface area contributed by atoms with Gasteiger partial charge in [0.1, 0.15) is 0 Å². The van der Waals surface area contributed by atoms with Crippen molar-refractivity contribution in [3.05, 3.63) is 77.6 Å². The molecule has 5 nitrogen and oxygen atoms in total. The van der Waals surface area contributed by atoms with E-state index in [-0.39, 0.29) is 11.9 Å². The van der Waals surface area contributed by atoms with Crippen molar-refractivity contribution in [1.82, 2.24) is 15.3 Å². The number of aryl methyl sites for hydroxylation is 1. The monoisotopic (exact) mass is 414 g/mol. The molecule has 1 aromatic heterocycles. The molecule has 0 radical (unpaired) electrons. The van der Waals surface area contributed by atoms with Crippen LogP contribution in [0.5, 0.6) is 0 Å². The maximum atomic E-state index is 12.8. The van der Waals surface area contributed by atoms with Crippen molar-refractivity contribution < 1.29 is 4.79 Å². The van der Waals surface area contributed by atoms with Gasteiger partial charge in [-0.15, -0.1) is 0 Å². The van der Waals surface area contributed by atoms with Gasteiger partial charge in [0, 0.05) is 29.6 Å². The van der Waals surface area contributed by atoms with Crippen LogP contribution in [0, 0.1) is 6.92 Å². The lowest BCUT2D eigenvalue weighted by atomic mass is 9.96. The summed E-state index contributed by atoms with van der Waals surface area (Å²) >= 11 is 0. The molecule has 0 unspecified atom stereocenters. The molecule has 0 saturated heterocycles. The Kier molecular flexibility index (Phi) is 6.60. The summed E-state index contributed by atoms with van der Waals surface area (Å²) in [5.74, 6) is 0.586. The molecular formula is C26H30N4O. The van der Waals surface area contributed by atoms with Crippen LogP contribution in [0.15, 0.2) is 60.9 Å². The second-order valence-electron chi connectivity index (χ2n) is 8.46. The number of hydrogen-bond donors (Lipinski definition) is 2. The fourth-order valence-electron chi connectivity index (χ4n) is 4.04. The molecule has 1 atom stereocenters. The molecule has 1 aliphatic rings. The maximum Gasteiger partial charge on any atom is 0.251 e. The van der Waals surface area contributed by atoms with E-state index in [1.165, 1.54) is 37.7 Å². The Hall–Kier alpha value is -3.21. The van der Waals surface area contributed by atoms with Crippen LogP contribution in [-0.4, -0.2) is 21.9 Å². The van der Waals surface area contributed by atoms with E-state index < -0.39 is 0 Å². The van der Waals surface area contributed by atoms with Gasteiger partial charge in [0.2, 0.25) is 5.95 Å². The summed E-state index contributed by atoms with van der Waals surface area (Å²) in [6.45, 7) is 4.05. The van der Waals surface area contributed by atoms with Crippen LogP contribution < -0.4 is 10.6 Å². The number of carbonyl (C=O) groups excluding carboxylic acids is 1. The molecule has 1 fully saturated rings. The van der Waals surface area contributed by atoms with E-state index in [9.17, 15) is 4.79 Å². The summed E-state index contributed by atoms with van der Waals surface area (Å²) in [5, 5.41) is 6.53. The van der Waals surface area contributed by atoms with E-state index in [4.69, 9.17) is 0 Å². The van der Waals surface area contributed by atoms with E-state index in [1.54, 1.807) is 0 Å². The fraction of sp³-hybridized carbons (Fsp3) is 0.346. The first-order valence-corrected chi connectivity index (χ1v) is 11.1. The van der Waals surface area contributed by atoms with Crippen LogP contribution in [0.1, 0.15) is 66.6 Å². The number of nitrogens with zero attached hydrogens (tertiary/aromatic N) is 2. The van der Waals surface area contributed by atoms with Gasteiger partial charge in [0.05, 0.1) is 6.04 Å². The van der Waals surface area contributed by atoms with E-state index in [1.807, 2.05) is 43.6 Å². The third kappa shape index (κ3) is 5.48. The summed E-state index contributed by atoms with van der Waals surface area (Å²) < 4.78 is 0. The molecule has 31 heavy (non-hydrogen) atoms. The highest BCUT2D eigenvalue weighted by molar-refractivity contribution is 5.95. The highest BCUT2D eigenvalue weighted by Gasteiger charge is 2.15. The minimum atomic E-state index is -0.0913. The van der Waals surface area contributed by atoms with Gasteiger partial charge in [-0.3, -0.25) is 4.79 Å². The topological polar surface area (TPSA) is 66.9 Å². The largest absolute Gasteiger partial charge is 0.351 e. The predicted molar refractivity (Wildman–Crippen MR) is 125 cm³/mol. The zero-order valence-electron chi connectivity index (χ0n) is 18.3. The zero-order valence-corrected chi connectivity index (χ0v) is 18.3. The summed E-state index contributed by atoms with van der Waals surface area (Å²) in [6, 6.07) is 16.2. The number of benzene rings is 2.